The minimum atomic E-state index is -3.63. The maximum atomic E-state index is 12.4. The van der Waals surface area contributed by atoms with Crippen LogP contribution in [0.4, 0.5) is 0 Å². The summed E-state index contributed by atoms with van der Waals surface area (Å²) < 4.78 is 27.7. The smallest absolute Gasteiger partial charge is 0.459 e. The fourth-order valence-corrected chi connectivity index (χ4v) is 2.61. The number of benzene rings is 1. The number of esters is 1. The lowest BCUT2D eigenvalue weighted by atomic mass is 10.2. The average Bonchev–Trinajstić information content (AvgIpc) is 2.45. The molecule has 7 heteroatoms. The molecule has 21 heavy (non-hydrogen) atoms. The molecule has 0 saturated carbocycles. The molecule has 0 amide bonds. The molecule has 6 nitrogen and oxygen atoms in total. The third kappa shape index (κ3) is 6.29. The summed E-state index contributed by atoms with van der Waals surface area (Å²) in [5.41, 5.74) is 0. The summed E-state index contributed by atoms with van der Waals surface area (Å²) in [5.74, 6) is 0.117. The van der Waals surface area contributed by atoms with Crippen molar-refractivity contribution in [1.29, 1.82) is 0 Å². The molecule has 0 bridgehead atoms. The number of hydrogen-bond acceptors (Lipinski definition) is 5. The second-order valence-electron chi connectivity index (χ2n) is 4.96. The van der Waals surface area contributed by atoms with Gasteiger partial charge in [-0.2, -0.15) is 5.09 Å². The lowest BCUT2D eigenvalue weighted by Crippen LogP contribution is -2.35. The second kappa shape index (κ2) is 8.17. The van der Waals surface area contributed by atoms with Gasteiger partial charge in [-0.05, 0) is 25.0 Å². The number of hydrogen-bond donors (Lipinski definition) is 1. The maximum absolute atomic E-state index is 12.4. The Kier molecular flexibility index (Phi) is 6.89. The molecule has 2 unspecified atom stereocenters. The summed E-state index contributed by atoms with van der Waals surface area (Å²) in [4.78, 5) is 11.8. The lowest BCUT2D eigenvalue weighted by Gasteiger charge is -2.21. The van der Waals surface area contributed by atoms with E-state index in [9.17, 15) is 9.36 Å². The van der Waals surface area contributed by atoms with Crippen molar-refractivity contribution in [2.24, 2.45) is 5.92 Å². The van der Waals surface area contributed by atoms with Crippen molar-refractivity contribution < 1.29 is 23.1 Å². The van der Waals surface area contributed by atoms with Crippen LogP contribution in [0.25, 0.3) is 0 Å². The van der Waals surface area contributed by atoms with Gasteiger partial charge in [-0.3, -0.25) is 9.32 Å². The topological polar surface area (TPSA) is 73.9 Å². The number of rotatable bonds is 8. The van der Waals surface area contributed by atoms with Crippen molar-refractivity contribution in [3.8, 4) is 5.75 Å². The normalized spacial score (nSPS) is 15.3. The zero-order valence-electron chi connectivity index (χ0n) is 12.7. The van der Waals surface area contributed by atoms with Crippen LogP contribution in [0.5, 0.6) is 5.75 Å². The lowest BCUT2D eigenvalue weighted by molar-refractivity contribution is -0.146. The third-order valence-electron chi connectivity index (χ3n) is 2.47. The highest BCUT2D eigenvalue weighted by Gasteiger charge is 2.30. The van der Waals surface area contributed by atoms with E-state index in [0.717, 1.165) is 0 Å². The van der Waals surface area contributed by atoms with E-state index < -0.39 is 19.8 Å². The second-order valence-corrected chi connectivity index (χ2v) is 6.76. The number of ether oxygens (including phenoxy) is 1. The van der Waals surface area contributed by atoms with E-state index in [4.69, 9.17) is 13.8 Å². The number of para-hydroxylation sites is 1. The largest absolute Gasteiger partial charge is 0.464 e. The molecule has 0 spiro atoms. The van der Waals surface area contributed by atoms with Gasteiger partial charge in [0.25, 0.3) is 0 Å². The molecule has 0 saturated heterocycles. The zero-order chi connectivity index (χ0) is 15.9. The summed E-state index contributed by atoms with van der Waals surface area (Å²) in [6.07, 6.45) is 0. The molecule has 0 radical (unpaired) electrons. The molecule has 0 aliphatic carbocycles. The molecule has 0 aliphatic heterocycles. The van der Waals surface area contributed by atoms with Crippen LogP contribution in [-0.2, 0) is 18.6 Å². The number of carbonyl (C=O) groups excluding carboxylic acids is 1. The van der Waals surface area contributed by atoms with Crippen LogP contribution in [0.2, 0.25) is 0 Å². The molecule has 1 aromatic rings. The van der Waals surface area contributed by atoms with Gasteiger partial charge in [0.05, 0.1) is 6.61 Å². The van der Waals surface area contributed by atoms with E-state index in [0.29, 0.717) is 12.4 Å². The molecule has 0 fully saturated rings. The van der Waals surface area contributed by atoms with E-state index in [2.05, 4.69) is 5.09 Å². The zero-order valence-corrected chi connectivity index (χ0v) is 13.6. The summed E-state index contributed by atoms with van der Waals surface area (Å²) in [6.45, 7) is 5.72. The monoisotopic (exact) mass is 315 g/mol. The molecule has 1 rings (SSSR count). The summed E-state index contributed by atoms with van der Waals surface area (Å²) in [7, 11) is -2.38. The van der Waals surface area contributed by atoms with Crippen LogP contribution >= 0.6 is 7.75 Å². The predicted octanol–water partition coefficient (Wildman–Crippen LogP) is 3.00. The predicted molar refractivity (Wildman–Crippen MR) is 80.1 cm³/mol. The van der Waals surface area contributed by atoms with Crippen molar-refractivity contribution in [2.75, 3.05) is 13.7 Å². The molecular weight excluding hydrogens is 293 g/mol. The molecule has 1 N–H and O–H groups in total. The first-order valence-corrected chi connectivity index (χ1v) is 8.25. The van der Waals surface area contributed by atoms with Crippen LogP contribution in [0.3, 0.4) is 0 Å². The molecule has 0 aliphatic rings. The Morgan fingerprint density at radius 3 is 2.38 bits per heavy atom. The van der Waals surface area contributed by atoms with Gasteiger partial charge >= 0.3 is 13.7 Å². The van der Waals surface area contributed by atoms with Gasteiger partial charge in [-0.15, -0.1) is 0 Å². The van der Waals surface area contributed by atoms with Gasteiger partial charge in [0.1, 0.15) is 11.8 Å². The van der Waals surface area contributed by atoms with Gasteiger partial charge in [0.2, 0.25) is 0 Å². The van der Waals surface area contributed by atoms with E-state index in [1.807, 2.05) is 19.9 Å². The van der Waals surface area contributed by atoms with Crippen LogP contribution in [0, 0.1) is 5.92 Å². The van der Waals surface area contributed by atoms with Crippen molar-refractivity contribution >= 4 is 13.7 Å². The van der Waals surface area contributed by atoms with Crippen molar-refractivity contribution in [3.63, 3.8) is 0 Å². The fraction of sp³-hybridized carbons (Fsp3) is 0.500. The van der Waals surface area contributed by atoms with Gasteiger partial charge < -0.3 is 9.26 Å². The summed E-state index contributed by atoms with van der Waals surface area (Å²) >= 11 is 0. The Morgan fingerprint density at radius 1 is 1.24 bits per heavy atom. The van der Waals surface area contributed by atoms with Gasteiger partial charge in [0, 0.05) is 7.11 Å². The van der Waals surface area contributed by atoms with E-state index >= 15 is 0 Å². The Hall–Kier alpha value is -1.36. The standard InChI is InChI=1S/C14H22NO5P/c1-11(2)10-19-14(16)12(3)15-21(17,18-4)20-13-8-6-5-7-9-13/h5-9,11-12H,10H2,1-4H3,(H,15,17). The van der Waals surface area contributed by atoms with E-state index in [1.54, 1.807) is 31.2 Å². The minimum Gasteiger partial charge on any atom is -0.464 e. The minimum absolute atomic E-state index is 0.232. The number of nitrogens with one attached hydrogen (secondary N) is 1. The first-order valence-electron chi connectivity index (χ1n) is 6.71. The number of carbonyl (C=O) groups is 1. The highest BCUT2D eigenvalue weighted by atomic mass is 31.2. The Balaban J connectivity index is 2.63. The quantitative estimate of drug-likeness (QED) is 0.587. The van der Waals surface area contributed by atoms with Crippen LogP contribution < -0.4 is 9.61 Å². The first-order chi connectivity index (χ1) is 9.86. The SMILES string of the molecule is COP(=O)(NC(C)C(=O)OCC(C)C)Oc1ccccc1. The fourth-order valence-electron chi connectivity index (χ4n) is 1.40. The van der Waals surface area contributed by atoms with Crippen molar-refractivity contribution in [2.45, 2.75) is 26.8 Å². The molecule has 0 aromatic heterocycles. The molecule has 2 atom stereocenters. The van der Waals surface area contributed by atoms with Crippen LogP contribution in [-0.4, -0.2) is 25.7 Å². The first kappa shape index (κ1) is 17.7. The van der Waals surface area contributed by atoms with Crippen molar-refractivity contribution in [3.05, 3.63) is 30.3 Å². The highest BCUT2D eigenvalue weighted by Crippen LogP contribution is 2.43. The third-order valence-corrected chi connectivity index (χ3v) is 4.11. The Morgan fingerprint density at radius 2 is 1.86 bits per heavy atom. The van der Waals surface area contributed by atoms with Crippen LogP contribution in [0.15, 0.2) is 30.3 Å². The molecule has 1 aromatic carbocycles. The van der Waals surface area contributed by atoms with Gasteiger partial charge in [-0.1, -0.05) is 32.0 Å². The van der Waals surface area contributed by atoms with Crippen molar-refractivity contribution in [1.82, 2.24) is 5.09 Å². The summed E-state index contributed by atoms with van der Waals surface area (Å²) in [5, 5.41) is 2.55. The van der Waals surface area contributed by atoms with E-state index in [1.165, 1.54) is 7.11 Å². The van der Waals surface area contributed by atoms with Gasteiger partial charge in [-0.25, -0.2) is 4.57 Å². The molecule has 0 heterocycles. The Labute approximate surface area is 125 Å². The van der Waals surface area contributed by atoms with Gasteiger partial charge in [0.15, 0.2) is 0 Å². The average molecular weight is 315 g/mol. The molecule has 118 valence electrons. The summed E-state index contributed by atoms with van der Waals surface area (Å²) in [6, 6.07) is 7.79. The maximum Gasteiger partial charge on any atom is 0.459 e. The molecular formula is C14H22NO5P. The Bertz CT molecular complexity index is 491. The highest BCUT2D eigenvalue weighted by molar-refractivity contribution is 7.52. The van der Waals surface area contributed by atoms with E-state index in [-0.39, 0.29) is 5.92 Å². The van der Waals surface area contributed by atoms with Crippen LogP contribution in [0.1, 0.15) is 20.8 Å².